The number of likely N-dealkylation sites (tertiary alicyclic amines) is 1. The summed E-state index contributed by atoms with van der Waals surface area (Å²) in [6.07, 6.45) is 4.74. The first kappa shape index (κ1) is 17.2. The van der Waals surface area contributed by atoms with Crippen molar-refractivity contribution in [3.05, 3.63) is 59.9 Å². The van der Waals surface area contributed by atoms with E-state index in [1.54, 1.807) is 24.5 Å². The number of pyridine rings is 1. The van der Waals surface area contributed by atoms with E-state index in [9.17, 15) is 4.79 Å². The van der Waals surface area contributed by atoms with Crippen LogP contribution in [0.25, 0.3) is 0 Å². The second kappa shape index (κ2) is 6.72. The molecule has 1 aromatic carbocycles. The Bertz CT molecular complexity index is 800. The zero-order valence-corrected chi connectivity index (χ0v) is 14.5. The van der Waals surface area contributed by atoms with Crippen molar-refractivity contribution >= 4 is 29.8 Å². The minimum Gasteiger partial charge on any atom is -0.383 e. The Kier molecular flexibility index (Phi) is 4.63. The maximum Gasteiger partial charge on any atom is 0.255 e. The van der Waals surface area contributed by atoms with E-state index in [4.69, 9.17) is 10.7 Å². The second-order valence-electron chi connectivity index (χ2n) is 6.23. The van der Waals surface area contributed by atoms with Gasteiger partial charge in [0.05, 0.1) is 5.56 Å². The van der Waals surface area contributed by atoms with E-state index in [0.29, 0.717) is 24.5 Å². The van der Waals surface area contributed by atoms with Crippen LogP contribution in [0.3, 0.4) is 0 Å². The normalized spacial score (nSPS) is 17.8. The molecule has 0 radical (unpaired) electrons. The number of piperidine rings is 1. The molecule has 1 aromatic heterocycles. The number of aliphatic imine (C=N–C) groups is 1. The van der Waals surface area contributed by atoms with Gasteiger partial charge in [0.25, 0.3) is 5.91 Å². The molecule has 2 aromatic rings. The average Bonchev–Trinajstić information content (AvgIpc) is 2.62. The summed E-state index contributed by atoms with van der Waals surface area (Å²) in [6, 6.07) is 11.5. The van der Waals surface area contributed by atoms with Crippen LogP contribution >= 0.6 is 12.4 Å². The quantitative estimate of drug-likeness (QED) is 0.820. The number of carbonyl (C=O) groups is 1. The van der Waals surface area contributed by atoms with Gasteiger partial charge in [-0.3, -0.25) is 9.78 Å². The smallest absolute Gasteiger partial charge is 0.255 e. The molecule has 1 amide bonds. The Balaban J connectivity index is 0.00000182. The fourth-order valence-corrected chi connectivity index (χ4v) is 3.37. The molecule has 3 heterocycles. The Morgan fingerprint density at radius 3 is 2.64 bits per heavy atom. The molecule has 25 heavy (non-hydrogen) atoms. The summed E-state index contributed by atoms with van der Waals surface area (Å²) in [7, 11) is 0. The van der Waals surface area contributed by atoms with Gasteiger partial charge in [0.2, 0.25) is 0 Å². The first-order chi connectivity index (χ1) is 11.7. The number of nitrogens with one attached hydrogen (secondary N) is 1. The Hall–Kier alpha value is -2.60. The summed E-state index contributed by atoms with van der Waals surface area (Å²) in [5, 5.41) is 3.52. The third-order valence-electron chi connectivity index (χ3n) is 4.69. The van der Waals surface area contributed by atoms with E-state index in [2.05, 4.69) is 10.3 Å². The highest BCUT2D eigenvalue weighted by atomic mass is 35.5. The van der Waals surface area contributed by atoms with Crippen molar-refractivity contribution in [2.45, 2.75) is 18.5 Å². The number of hydrogen-bond acceptors (Lipinski definition) is 5. The van der Waals surface area contributed by atoms with Crippen LogP contribution in [-0.2, 0) is 0 Å². The van der Waals surface area contributed by atoms with E-state index in [0.717, 1.165) is 24.1 Å². The predicted molar refractivity (Wildman–Crippen MR) is 100 cm³/mol. The van der Waals surface area contributed by atoms with E-state index < -0.39 is 5.66 Å². The predicted octanol–water partition coefficient (Wildman–Crippen LogP) is 2.27. The van der Waals surface area contributed by atoms with Crippen LogP contribution in [0.1, 0.15) is 28.8 Å². The van der Waals surface area contributed by atoms with Crippen LogP contribution in [0.2, 0.25) is 0 Å². The monoisotopic (exact) mass is 357 g/mol. The van der Waals surface area contributed by atoms with Crippen molar-refractivity contribution in [1.29, 1.82) is 0 Å². The van der Waals surface area contributed by atoms with Gasteiger partial charge in [-0.2, -0.15) is 0 Å². The van der Waals surface area contributed by atoms with E-state index >= 15 is 0 Å². The van der Waals surface area contributed by atoms with E-state index in [1.165, 1.54) is 0 Å². The SMILES string of the molecule is Cl.NC1=NC2(CCN(C(=O)c3cccnc3)CC2)Nc2ccccc21. The first-order valence-electron chi connectivity index (χ1n) is 8.09. The van der Waals surface area contributed by atoms with Crippen LogP contribution in [0.5, 0.6) is 0 Å². The van der Waals surface area contributed by atoms with Crippen molar-refractivity contribution < 1.29 is 4.79 Å². The number of rotatable bonds is 1. The minimum absolute atomic E-state index is 0. The number of aromatic nitrogens is 1. The summed E-state index contributed by atoms with van der Waals surface area (Å²) >= 11 is 0. The van der Waals surface area contributed by atoms with Gasteiger partial charge >= 0.3 is 0 Å². The molecule has 1 saturated heterocycles. The van der Waals surface area contributed by atoms with Gasteiger partial charge in [0.15, 0.2) is 0 Å². The summed E-state index contributed by atoms with van der Waals surface area (Å²) < 4.78 is 0. The lowest BCUT2D eigenvalue weighted by molar-refractivity contribution is 0.0685. The maximum absolute atomic E-state index is 12.5. The molecule has 2 aliphatic rings. The summed E-state index contributed by atoms with van der Waals surface area (Å²) in [6.45, 7) is 1.28. The number of para-hydroxylation sites is 1. The third kappa shape index (κ3) is 3.17. The highest BCUT2D eigenvalue weighted by Crippen LogP contribution is 2.34. The highest BCUT2D eigenvalue weighted by Gasteiger charge is 2.38. The van der Waals surface area contributed by atoms with Crippen molar-refractivity contribution in [2.24, 2.45) is 10.7 Å². The summed E-state index contributed by atoms with van der Waals surface area (Å²) in [5.41, 5.74) is 8.32. The lowest BCUT2D eigenvalue weighted by Gasteiger charge is -2.42. The number of amidine groups is 1. The van der Waals surface area contributed by atoms with Crippen molar-refractivity contribution in [3.63, 3.8) is 0 Å². The fourth-order valence-electron chi connectivity index (χ4n) is 3.37. The van der Waals surface area contributed by atoms with Gasteiger partial charge in [-0.05, 0) is 24.3 Å². The Morgan fingerprint density at radius 2 is 1.92 bits per heavy atom. The molecule has 7 heteroatoms. The molecule has 130 valence electrons. The molecule has 1 fully saturated rings. The maximum atomic E-state index is 12.5. The Labute approximate surface area is 152 Å². The van der Waals surface area contributed by atoms with Crippen LogP contribution in [-0.4, -0.2) is 40.4 Å². The number of benzene rings is 1. The molecule has 6 nitrogen and oxygen atoms in total. The molecular formula is C18H20ClN5O. The average molecular weight is 358 g/mol. The van der Waals surface area contributed by atoms with Gasteiger partial charge in [0, 0.05) is 49.6 Å². The van der Waals surface area contributed by atoms with Gasteiger partial charge in [-0.25, -0.2) is 4.99 Å². The van der Waals surface area contributed by atoms with Gasteiger partial charge < -0.3 is 16.0 Å². The zero-order chi connectivity index (χ0) is 16.6. The van der Waals surface area contributed by atoms with Gasteiger partial charge in [0.1, 0.15) is 11.5 Å². The van der Waals surface area contributed by atoms with Crippen molar-refractivity contribution in [1.82, 2.24) is 9.88 Å². The summed E-state index contributed by atoms with van der Waals surface area (Å²) in [5.74, 6) is 0.586. The topological polar surface area (TPSA) is 83.6 Å². The summed E-state index contributed by atoms with van der Waals surface area (Å²) in [4.78, 5) is 23.1. The molecule has 1 spiro atoms. The molecular weight excluding hydrogens is 338 g/mol. The number of halogens is 1. The molecule has 2 aliphatic heterocycles. The molecule has 0 bridgehead atoms. The molecule has 0 saturated carbocycles. The van der Waals surface area contributed by atoms with Crippen molar-refractivity contribution in [3.8, 4) is 0 Å². The molecule has 0 unspecified atom stereocenters. The number of fused-ring (bicyclic) bond motifs is 1. The lowest BCUT2D eigenvalue weighted by Crippen LogP contribution is -2.52. The second-order valence-corrected chi connectivity index (χ2v) is 6.23. The van der Waals surface area contributed by atoms with E-state index in [-0.39, 0.29) is 18.3 Å². The number of nitrogens with two attached hydrogens (primary N) is 1. The number of carbonyl (C=O) groups excluding carboxylic acids is 1. The first-order valence-corrected chi connectivity index (χ1v) is 8.09. The van der Waals surface area contributed by atoms with Gasteiger partial charge in [-0.1, -0.05) is 12.1 Å². The largest absolute Gasteiger partial charge is 0.383 e. The van der Waals surface area contributed by atoms with E-state index in [1.807, 2.05) is 29.2 Å². The van der Waals surface area contributed by atoms with Gasteiger partial charge in [-0.15, -0.1) is 12.4 Å². The van der Waals surface area contributed by atoms with Crippen molar-refractivity contribution in [2.75, 3.05) is 18.4 Å². The highest BCUT2D eigenvalue weighted by molar-refractivity contribution is 6.04. The van der Waals surface area contributed by atoms with Crippen LogP contribution in [0, 0.1) is 0 Å². The number of hydrogen-bond donors (Lipinski definition) is 2. The number of anilines is 1. The lowest BCUT2D eigenvalue weighted by atomic mass is 9.93. The Morgan fingerprint density at radius 1 is 1.16 bits per heavy atom. The van der Waals surface area contributed by atoms with Crippen LogP contribution in [0.15, 0.2) is 53.8 Å². The molecule has 0 aliphatic carbocycles. The molecule has 3 N–H and O–H groups in total. The third-order valence-corrected chi connectivity index (χ3v) is 4.69. The van der Waals surface area contributed by atoms with Crippen LogP contribution in [0.4, 0.5) is 5.69 Å². The zero-order valence-electron chi connectivity index (χ0n) is 13.7. The van der Waals surface area contributed by atoms with Crippen LogP contribution < -0.4 is 11.1 Å². The standard InChI is InChI=1S/C18H19N5O.ClH/c19-16-14-5-1-2-6-15(14)21-18(22-16)7-10-23(11-8-18)17(24)13-4-3-9-20-12-13;/h1-6,9,12,21H,7-8,10-11H2,(H2,19,22);1H. The minimum atomic E-state index is -0.413. The number of nitrogens with zero attached hydrogens (tertiary/aromatic N) is 3. The number of amides is 1. The molecule has 4 rings (SSSR count). The fraction of sp³-hybridized carbons (Fsp3) is 0.278. The molecule has 0 atom stereocenters.